The highest BCUT2D eigenvalue weighted by molar-refractivity contribution is 5.75. The van der Waals surface area contributed by atoms with Crippen molar-refractivity contribution in [1.82, 2.24) is 10.2 Å². The van der Waals surface area contributed by atoms with Crippen molar-refractivity contribution in [3.63, 3.8) is 0 Å². The van der Waals surface area contributed by atoms with Crippen molar-refractivity contribution in [3.05, 3.63) is 0 Å². The largest absolute Gasteiger partial charge is 0.356 e. The number of amides is 1. The van der Waals surface area contributed by atoms with Crippen LogP contribution in [0.4, 0.5) is 0 Å². The Morgan fingerprint density at radius 1 is 1.53 bits per heavy atom. The zero-order valence-electron chi connectivity index (χ0n) is 11.2. The number of hydrogen-bond donors (Lipinski definition) is 2. The molecule has 2 unspecified atom stereocenters. The van der Waals surface area contributed by atoms with E-state index in [9.17, 15) is 4.79 Å². The van der Waals surface area contributed by atoms with Crippen LogP contribution in [0.2, 0.25) is 0 Å². The van der Waals surface area contributed by atoms with Gasteiger partial charge in [0.1, 0.15) is 0 Å². The predicted octanol–water partition coefficient (Wildman–Crippen LogP) is 0.819. The molecule has 0 radical (unpaired) electrons. The van der Waals surface area contributed by atoms with Gasteiger partial charge in [0.05, 0.1) is 0 Å². The number of nitrogens with two attached hydrogens (primary N) is 1. The summed E-state index contributed by atoms with van der Waals surface area (Å²) in [5.74, 6) is 1.40. The fourth-order valence-corrected chi connectivity index (χ4v) is 2.35. The van der Waals surface area contributed by atoms with Gasteiger partial charge in [-0.2, -0.15) is 0 Å². The molecule has 4 nitrogen and oxygen atoms in total. The number of carbonyl (C=O) groups is 1. The molecule has 1 heterocycles. The summed E-state index contributed by atoms with van der Waals surface area (Å²) in [5, 5.41) is 3.05. The number of rotatable bonds is 7. The maximum Gasteiger partial charge on any atom is 0.220 e. The van der Waals surface area contributed by atoms with Crippen LogP contribution >= 0.6 is 0 Å². The number of nitrogens with one attached hydrogen (secondary N) is 1. The van der Waals surface area contributed by atoms with Gasteiger partial charge in [-0.3, -0.25) is 4.79 Å². The average Bonchev–Trinajstić information content (AvgIpc) is 2.70. The van der Waals surface area contributed by atoms with Crippen molar-refractivity contribution in [2.45, 2.75) is 32.6 Å². The molecule has 1 amide bonds. The molecule has 0 spiro atoms. The molecule has 0 aromatic rings. The van der Waals surface area contributed by atoms with Crippen LogP contribution in [0.5, 0.6) is 0 Å². The summed E-state index contributed by atoms with van der Waals surface area (Å²) in [7, 11) is 2.14. The maximum absolute atomic E-state index is 11.6. The van der Waals surface area contributed by atoms with Crippen LogP contribution in [0.1, 0.15) is 32.6 Å². The Bertz CT molecular complexity index is 233. The van der Waals surface area contributed by atoms with Crippen molar-refractivity contribution in [2.24, 2.45) is 17.6 Å². The van der Waals surface area contributed by atoms with Gasteiger partial charge in [0.25, 0.3) is 0 Å². The van der Waals surface area contributed by atoms with Crippen LogP contribution in [0, 0.1) is 11.8 Å². The van der Waals surface area contributed by atoms with Crippen molar-refractivity contribution >= 4 is 5.91 Å². The molecular formula is C13H27N3O. The lowest BCUT2D eigenvalue weighted by atomic mass is 10.0. The molecule has 2 atom stereocenters. The molecule has 17 heavy (non-hydrogen) atoms. The van der Waals surface area contributed by atoms with Crippen LogP contribution in [0.15, 0.2) is 0 Å². The lowest BCUT2D eigenvalue weighted by Gasteiger charge is -2.13. The highest BCUT2D eigenvalue weighted by Crippen LogP contribution is 2.13. The van der Waals surface area contributed by atoms with Crippen molar-refractivity contribution < 1.29 is 4.79 Å². The second-order valence-electron chi connectivity index (χ2n) is 5.44. The van der Waals surface area contributed by atoms with Crippen molar-refractivity contribution in [2.75, 3.05) is 33.2 Å². The lowest BCUT2D eigenvalue weighted by Crippen LogP contribution is -2.30. The summed E-state index contributed by atoms with van der Waals surface area (Å²) in [5.41, 5.74) is 5.49. The zero-order valence-corrected chi connectivity index (χ0v) is 11.2. The van der Waals surface area contributed by atoms with Crippen LogP contribution < -0.4 is 11.1 Å². The quantitative estimate of drug-likeness (QED) is 0.694. The van der Waals surface area contributed by atoms with Gasteiger partial charge in [-0.1, -0.05) is 6.92 Å². The van der Waals surface area contributed by atoms with E-state index in [1.165, 1.54) is 6.42 Å². The Morgan fingerprint density at radius 3 is 2.88 bits per heavy atom. The Balaban J connectivity index is 2.05. The molecule has 0 bridgehead atoms. The van der Waals surface area contributed by atoms with Gasteiger partial charge >= 0.3 is 0 Å². The van der Waals surface area contributed by atoms with E-state index in [4.69, 9.17) is 5.73 Å². The Labute approximate surface area is 105 Å². The predicted molar refractivity (Wildman–Crippen MR) is 70.7 cm³/mol. The van der Waals surface area contributed by atoms with Crippen molar-refractivity contribution in [1.29, 1.82) is 0 Å². The first kappa shape index (κ1) is 14.5. The van der Waals surface area contributed by atoms with Gasteiger partial charge in [-0.25, -0.2) is 0 Å². The van der Waals surface area contributed by atoms with Gasteiger partial charge in [0.15, 0.2) is 0 Å². The van der Waals surface area contributed by atoms with E-state index < -0.39 is 0 Å². The minimum Gasteiger partial charge on any atom is -0.356 e. The summed E-state index contributed by atoms with van der Waals surface area (Å²) in [6, 6.07) is 0. The minimum absolute atomic E-state index is 0.198. The molecule has 1 aliphatic heterocycles. The first-order valence-corrected chi connectivity index (χ1v) is 6.77. The number of likely N-dealkylation sites (tertiary alicyclic amines) is 1. The van der Waals surface area contributed by atoms with E-state index in [2.05, 4.69) is 24.2 Å². The standard InChI is InChI=1S/C13H27N3O/c1-11(5-7-14)3-4-13(17)15-9-12-6-8-16(2)10-12/h11-12H,3-10,14H2,1-2H3,(H,15,17). The molecule has 1 rings (SSSR count). The first-order valence-electron chi connectivity index (χ1n) is 6.77. The highest BCUT2D eigenvalue weighted by Gasteiger charge is 2.19. The number of carbonyl (C=O) groups excluding carboxylic acids is 1. The third-order valence-corrected chi connectivity index (χ3v) is 3.60. The Morgan fingerprint density at radius 2 is 2.29 bits per heavy atom. The van der Waals surface area contributed by atoms with E-state index in [1.807, 2.05) is 0 Å². The van der Waals surface area contributed by atoms with E-state index in [0.29, 0.717) is 18.3 Å². The molecule has 1 saturated heterocycles. The van der Waals surface area contributed by atoms with Crippen LogP contribution in [-0.4, -0.2) is 44.0 Å². The maximum atomic E-state index is 11.6. The molecule has 0 aromatic heterocycles. The Kier molecular flexibility index (Phi) is 6.52. The van der Waals surface area contributed by atoms with E-state index in [0.717, 1.165) is 39.0 Å². The monoisotopic (exact) mass is 241 g/mol. The van der Waals surface area contributed by atoms with Crippen LogP contribution in [0.25, 0.3) is 0 Å². The molecule has 0 aliphatic carbocycles. The lowest BCUT2D eigenvalue weighted by molar-refractivity contribution is -0.121. The number of nitrogens with zero attached hydrogens (tertiary/aromatic N) is 1. The van der Waals surface area contributed by atoms with Crippen LogP contribution in [-0.2, 0) is 4.79 Å². The molecule has 0 saturated carbocycles. The highest BCUT2D eigenvalue weighted by atomic mass is 16.1. The first-order chi connectivity index (χ1) is 8.11. The van der Waals surface area contributed by atoms with E-state index in [1.54, 1.807) is 0 Å². The van der Waals surface area contributed by atoms with Gasteiger partial charge in [-0.15, -0.1) is 0 Å². The van der Waals surface area contributed by atoms with Gasteiger partial charge in [0.2, 0.25) is 5.91 Å². The smallest absolute Gasteiger partial charge is 0.220 e. The minimum atomic E-state index is 0.198. The fraction of sp³-hybridized carbons (Fsp3) is 0.923. The second-order valence-corrected chi connectivity index (χ2v) is 5.44. The summed E-state index contributed by atoms with van der Waals surface area (Å²) < 4.78 is 0. The average molecular weight is 241 g/mol. The zero-order chi connectivity index (χ0) is 12.7. The van der Waals surface area contributed by atoms with Crippen molar-refractivity contribution in [3.8, 4) is 0 Å². The Hall–Kier alpha value is -0.610. The third-order valence-electron chi connectivity index (χ3n) is 3.60. The molecule has 4 heteroatoms. The second kappa shape index (κ2) is 7.67. The summed E-state index contributed by atoms with van der Waals surface area (Å²) in [6.07, 6.45) is 3.82. The molecule has 100 valence electrons. The SMILES string of the molecule is CC(CCN)CCC(=O)NCC1CCN(C)C1. The molecule has 1 fully saturated rings. The summed E-state index contributed by atoms with van der Waals surface area (Å²) >= 11 is 0. The molecule has 0 aromatic carbocycles. The summed E-state index contributed by atoms with van der Waals surface area (Å²) in [4.78, 5) is 14.0. The fourth-order valence-electron chi connectivity index (χ4n) is 2.35. The van der Waals surface area contributed by atoms with Gasteiger partial charge in [-0.05, 0) is 51.2 Å². The van der Waals surface area contributed by atoms with Gasteiger partial charge in [0, 0.05) is 19.5 Å². The van der Waals surface area contributed by atoms with E-state index in [-0.39, 0.29) is 5.91 Å². The topological polar surface area (TPSA) is 58.4 Å². The van der Waals surface area contributed by atoms with Crippen LogP contribution in [0.3, 0.4) is 0 Å². The normalized spacial score (nSPS) is 22.6. The molecule has 3 N–H and O–H groups in total. The third kappa shape index (κ3) is 6.03. The van der Waals surface area contributed by atoms with Gasteiger partial charge < -0.3 is 16.0 Å². The van der Waals surface area contributed by atoms with E-state index >= 15 is 0 Å². The molecular weight excluding hydrogens is 214 g/mol. The summed E-state index contributed by atoms with van der Waals surface area (Å²) in [6.45, 7) is 6.00. The molecule has 1 aliphatic rings. The number of hydrogen-bond acceptors (Lipinski definition) is 3.